The van der Waals surface area contributed by atoms with Gasteiger partial charge in [0.15, 0.2) is 0 Å². The molecule has 0 spiro atoms. The van der Waals surface area contributed by atoms with Gasteiger partial charge in [-0.2, -0.15) is 0 Å². The molecule has 0 saturated carbocycles. The minimum atomic E-state index is -0.655. The van der Waals surface area contributed by atoms with E-state index in [1.54, 1.807) is 7.11 Å². The average molecular weight is 266 g/mol. The van der Waals surface area contributed by atoms with Crippen LogP contribution in [0.2, 0.25) is 0 Å². The van der Waals surface area contributed by atoms with E-state index in [4.69, 9.17) is 14.2 Å². The van der Waals surface area contributed by atoms with Gasteiger partial charge in [0.2, 0.25) is 0 Å². The van der Waals surface area contributed by atoms with Crippen LogP contribution in [0.15, 0.2) is 18.2 Å². The van der Waals surface area contributed by atoms with Gasteiger partial charge in [-0.3, -0.25) is 0 Å². The number of aliphatic hydroxyl groups is 1. The van der Waals surface area contributed by atoms with E-state index in [2.05, 4.69) is 0 Å². The van der Waals surface area contributed by atoms with Crippen molar-refractivity contribution in [2.24, 2.45) is 0 Å². The summed E-state index contributed by atoms with van der Waals surface area (Å²) in [6.45, 7) is 3.78. The fourth-order valence-electron chi connectivity index (χ4n) is 2.27. The van der Waals surface area contributed by atoms with Crippen molar-refractivity contribution in [3.05, 3.63) is 29.3 Å². The molecule has 0 aromatic heterocycles. The lowest BCUT2D eigenvalue weighted by molar-refractivity contribution is -0.0601. The fourth-order valence-corrected chi connectivity index (χ4v) is 2.27. The summed E-state index contributed by atoms with van der Waals surface area (Å²) in [6, 6.07) is 5.79. The van der Waals surface area contributed by atoms with Gasteiger partial charge in [-0.05, 0) is 31.9 Å². The molecule has 1 saturated heterocycles. The Bertz CT molecular complexity index is 399. The van der Waals surface area contributed by atoms with Crippen molar-refractivity contribution in [2.45, 2.75) is 32.0 Å². The molecule has 4 nitrogen and oxygen atoms in total. The van der Waals surface area contributed by atoms with Crippen LogP contribution in [-0.2, 0) is 9.47 Å². The summed E-state index contributed by atoms with van der Waals surface area (Å²) in [4.78, 5) is 0. The van der Waals surface area contributed by atoms with Crippen LogP contribution in [0.5, 0.6) is 5.75 Å². The van der Waals surface area contributed by atoms with Gasteiger partial charge in [0.1, 0.15) is 11.9 Å². The Kier molecular flexibility index (Phi) is 5.19. The quantitative estimate of drug-likeness (QED) is 0.888. The summed E-state index contributed by atoms with van der Waals surface area (Å²) in [5, 5.41) is 10.3. The van der Waals surface area contributed by atoms with E-state index in [0.29, 0.717) is 12.4 Å². The van der Waals surface area contributed by atoms with Crippen LogP contribution in [0.1, 0.15) is 30.1 Å². The molecule has 2 rings (SSSR count). The first-order valence-corrected chi connectivity index (χ1v) is 6.72. The van der Waals surface area contributed by atoms with Gasteiger partial charge in [0, 0.05) is 18.8 Å². The Labute approximate surface area is 114 Å². The minimum Gasteiger partial charge on any atom is -0.496 e. The molecule has 1 aromatic carbocycles. The zero-order valence-electron chi connectivity index (χ0n) is 11.6. The third-order valence-electron chi connectivity index (χ3n) is 3.40. The van der Waals surface area contributed by atoms with Gasteiger partial charge >= 0.3 is 0 Å². The molecule has 1 aromatic rings. The first kappa shape index (κ1) is 14.3. The Morgan fingerprint density at radius 3 is 2.79 bits per heavy atom. The second-order valence-electron chi connectivity index (χ2n) is 4.91. The Balaban J connectivity index is 1.94. The van der Waals surface area contributed by atoms with Crippen molar-refractivity contribution < 1.29 is 19.3 Å². The summed E-state index contributed by atoms with van der Waals surface area (Å²) in [5.74, 6) is 0.702. The fraction of sp³-hybridized carbons (Fsp3) is 0.600. The van der Waals surface area contributed by atoms with E-state index in [-0.39, 0.29) is 6.10 Å². The summed E-state index contributed by atoms with van der Waals surface area (Å²) in [7, 11) is 1.61. The molecule has 1 heterocycles. The first-order valence-electron chi connectivity index (χ1n) is 6.72. The highest BCUT2D eigenvalue weighted by atomic mass is 16.5. The standard InChI is InChI=1S/C15H22O4/c1-11-3-4-15(17-2)13(9-11)14(16)10-19-12-5-7-18-8-6-12/h3-4,9,12,14,16H,5-8,10H2,1-2H3. The number of benzene rings is 1. The zero-order valence-corrected chi connectivity index (χ0v) is 11.6. The maximum atomic E-state index is 10.3. The van der Waals surface area contributed by atoms with Crippen molar-refractivity contribution in [2.75, 3.05) is 26.9 Å². The molecule has 1 unspecified atom stereocenters. The molecule has 0 radical (unpaired) electrons. The number of rotatable bonds is 5. The van der Waals surface area contributed by atoms with Gasteiger partial charge in [0.25, 0.3) is 0 Å². The number of ether oxygens (including phenoxy) is 3. The molecular formula is C15H22O4. The van der Waals surface area contributed by atoms with Gasteiger partial charge in [-0.1, -0.05) is 11.6 Å². The van der Waals surface area contributed by atoms with Crippen molar-refractivity contribution in [1.29, 1.82) is 0 Å². The predicted octanol–water partition coefficient (Wildman–Crippen LogP) is 2.23. The van der Waals surface area contributed by atoms with E-state index in [9.17, 15) is 5.11 Å². The molecule has 1 fully saturated rings. The molecule has 106 valence electrons. The number of aliphatic hydroxyl groups excluding tert-OH is 1. The number of hydrogen-bond acceptors (Lipinski definition) is 4. The smallest absolute Gasteiger partial charge is 0.124 e. The largest absolute Gasteiger partial charge is 0.496 e. The zero-order chi connectivity index (χ0) is 13.7. The van der Waals surface area contributed by atoms with Gasteiger partial charge in [-0.25, -0.2) is 0 Å². The molecular weight excluding hydrogens is 244 g/mol. The van der Waals surface area contributed by atoms with E-state index >= 15 is 0 Å². The van der Waals surface area contributed by atoms with Crippen LogP contribution in [-0.4, -0.2) is 38.1 Å². The molecule has 1 N–H and O–H groups in total. The monoisotopic (exact) mass is 266 g/mol. The Morgan fingerprint density at radius 1 is 1.37 bits per heavy atom. The van der Waals surface area contributed by atoms with E-state index < -0.39 is 6.10 Å². The summed E-state index contributed by atoms with van der Waals surface area (Å²) in [5.41, 5.74) is 1.88. The number of methoxy groups -OCH3 is 1. The van der Waals surface area contributed by atoms with Gasteiger partial charge < -0.3 is 19.3 Å². The summed E-state index contributed by atoms with van der Waals surface area (Å²) >= 11 is 0. The first-order chi connectivity index (χ1) is 9.20. The molecule has 4 heteroatoms. The van der Waals surface area contributed by atoms with Crippen LogP contribution in [0, 0.1) is 6.92 Å². The number of hydrogen-bond donors (Lipinski definition) is 1. The topological polar surface area (TPSA) is 47.9 Å². The highest BCUT2D eigenvalue weighted by Gasteiger charge is 2.18. The SMILES string of the molecule is COc1ccc(C)cc1C(O)COC1CCOCC1. The average Bonchev–Trinajstić information content (AvgIpc) is 2.46. The van der Waals surface area contributed by atoms with Crippen molar-refractivity contribution >= 4 is 0 Å². The molecule has 0 aliphatic carbocycles. The van der Waals surface area contributed by atoms with E-state index in [1.165, 1.54) is 0 Å². The van der Waals surface area contributed by atoms with Crippen molar-refractivity contribution in [3.8, 4) is 5.75 Å². The second kappa shape index (κ2) is 6.89. The minimum absolute atomic E-state index is 0.194. The highest BCUT2D eigenvalue weighted by Crippen LogP contribution is 2.27. The third kappa shape index (κ3) is 3.93. The highest BCUT2D eigenvalue weighted by molar-refractivity contribution is 5.38. The van der Waals surface area contributed by atoms with Crippen molar-refractivity contribution in [3.63, 3.8) is 0 Å². The molecule has 0 bridgehead atoms. The van der Waals surface area contributed by atoms with E-state index in [1.807, 2.05) is 25.1 Å². The molecule has 1 aliphatic heterocycles. The predicted molar refractivity (Wildman–Crippen MR) is 72.5 cm³/mol. The maximum absolute atomic E-state index is 10.3. The lowest BCUT2D eigenvalue weighted by atomic mass is 10.1. The molecule has 1 aliphatic rings. The molecule has 1 atom stereocenters. The van der Waals surface area contributed by atoms with Crippen LogP contribution in [0.25, 0.3) is 0 Å². The lowest BCUT2D eigenvalue weighted by Gasteiger charge is -2.24. The van der Waals surface area contributed by atoms with Crippen LogP contribution >= 0.6 is 0 Å². The van der Waals surface area contributed by atoms with Gasteiger partial charge in [-0.15, -0.1) is 0 Å². The molecule has 19 heavy (non-hydrogen) atoms. The molecule has 0 amide bonds. The second-order valence-corrected chi connectivity index (χ2v) is 4.91. The van der Waals surface area contributed by atoms with Crippen LogP contribution in [0.3, 0.4) is 0 Å². The lowest BCUT2D eigenvalue weighted by Crippen LogP contribution is -2.25. The number of aryl methyl sites for hydroxylation is 1. The van der Waals surface area contributed by atoms with Crippen molar-refractivity contribution in [1.82, 2.24) is 0 Å². The Morgan fingerprint density at radius 2 is 2.11 bits per heavy atom. The third-order valence-corrected chi connectivity index (χ3v) is 3.40. The van der Waals surface area contributed by atoms with E-state index in [0.717, 1.165) is 37.2 Å². The Hall–Kier alpha value is -1.10. The normalized spacial score (nSPS) is 18.3. The summed E-state index contributed by atoms with van der Waals surface area (Å²) < 4.78 is 16.3. The van der Waals surface area contributed by atoms with Crippen LogP contribution < -0.4 is 4.74 Å². The summed E-state index contributed by atoms with van der Waals surface area (Å²) in [6.07, 6.45) is 1.34. The van der Waals surface area contributed by atoms with Crippen LogP contribution in [0.4, 0.5) is 0 Å². The maximum Gasteiger partial charge on any atom is 0.124 e. The van der Waals surface area contributed by atoms with Gasteiger partial charge in [0.05, 0.1) is 19.8 Å².